The van der Waals surface area contributed by atoms with E-state index in [1.807, 2.05) is 48.5 Å². The van der Waals surface area contributed by atoms with E-state index in [1.54, 1.807) is 18.2 Å². The van der Waals surface area contributed by atoms with Gasteiger partial charge in [0, 0.05) is 5.02 Å². The Bertz CT molecular complexity index is 1180. The molecule has 0 unspecified atom stereocenters. The normalized spacial score (nSPS) is 10.9. The van der Waals surface area contributed by atoms with Gasteiger partial charge in [0.1, 0.15) is 29.7 Å². The van der Waals surface area contributed by atoms with Gasteiger partial charge in [-0.2, -0.15) is 5.26 Å². The van der Waals surface area contributed by atoms with E-state index in [-0.39, 0.29) is 5.57 Å². The smallest absolute Gasteiger partial charge is 0.266 e. The molecule has 162 valence electrons. The molecule has 0 heterocycles. The summed E-state index contributed by atoms with van der Waals surface area (Å²) in [6, 6.07) is 20.5. The average Bonchev–Trinajstić information content (AvgIpc) is 2.77. The number of rotatable bonds is 7. The van der Waals surface area contributed by atoms with E-state index in [2.05, 4.69) is 50.5 Å². The number of carbonyl (C=O) groups excluding carboxylic acids is 1. The zero-order valence-electron chi connectivity index (χ0n) is 16.9. The Morgan fingerprint density at radius 2 is 1.81 bits per heavy atom. The number of anilines is 1. The second-order valence-electron chi connectivity index (χ2n) is 6.56. The molecule has 0 saturated carbocycles. The summed E-state index contributed by atoms with van der Waals surface area (Å²) in [4.78, 5) is 12.7. The van der Waals surface area contributed by atoms with Gasteiger partial charge in [-0.25, -0.2) is 0 Å². The zero-order valence-corrected chi connectivity index (χ0v) is 21.9. The van der Waals surface area contributed by atoms with Crippen molar-refractivity contribution in [3.63, 3.8) is 0 Å². The number of nitrogens with one attached hydrogen (secondary N) is 1. The van der Waals surface area contributed by atoms with Gasteiger partial charge in [-0.3, -0.25) is 4.79 Å². The first kappa shape index (κ1) is 24.4. The molecule has 32 heavy (non-hydrogen) atoms. The third-order valence-electron chi connectivity index (χ3n) is 4.33. The third-order valence-corrected chi connectivity index (χ3v) is 6.17. The quantitative estimate of drug-likeness (QED) is 0.173. The minimum absolute atomic E-state index is 0.0448. The van der Waals surface area contributed by atoms with Gasteiger partial charge in [0.15, 0.2) is 0 Å². The number of carbonyl (C=O) groups is 1. The van der Waals surface area contributed by atoms with Crippen LogP contribution in [0.25, 0.3) is 6.08 Å². The maximum atomic E-state index is 12.7. The molecule has 0 saturated heterocycles. The topological polar surface area (TPSA) is 71.3 Å². The van der Waals surface area contributed by atoms with Crippen LogP contribution in [0.5, 0.6) is 11.5 Å². The van der Waals surface area contributed by atoms with Crippen LogP contribution >= 0.6 is 56.8 Å². The predicted molar refractivity (Wildman–Crippen MR) is 143 cm³/mol. The van der Waals surface area contributed by atoms with Gasteiger partial charge in [0.25, 0.3) is 5.91 Å². The molecule has 0 aliphatic carbocycles. The third kappa shape index (κ3) is 6.37. The summed E-state index contributed by atoms with van der Waals surface area (Å²) in [5.74, 6) is 0.658. The average molecular weight is 671 g/mol. The van der Waals surface area contributed by atoms with Crippen molar-refractivity contribution in [2.45, 2.75) is 6.61 Å². The summed E-state index contributed by atoms with van der Waals surface area (Å²) >= 11 is 10.4. The lowest BCUT2D eigenvalue weighted by atomic mass is 10.1. The van der Waals surface area contributed by atoms with Crippen LogP contribution in [0.2, 0.25) is 5.02 Å². The molecule has 0 aliphatic heterocycles. The number of methoxy groups -OCH3 is 1. The van der Waals surface area contributed by atoms with E-state index in [4.69, 9.17) is 21.1 Å². The number of nitrogens with zero attached hydrogens (tertiary/aromatic N) is 1. The Hall–Kier alpha value is -2.29. The van der Waals surface area contributed by atoms with Crippen molar-refractivity contribution in [2.75, 3.05) is 12.4 Å². The number of benzene rings is 3. The summed E-state index contributed by atoms with van der Waals surface area (Å²) in [5.41, 5.74) is 2.13. The fourth-order valence-corrected chi connectivity index (χ4v) is 5.11. The van der Waals surface area contributed by atoms with Crippen LogP contribution in [0.15, 0.2) is 66.2 Å². The number of amides is 1. The van der Waals surface area contributed by atoms with Crippen LogP contribution in [0.3, 0.4) is 0 Å². The molecule has 0 radical (unpaired) electrons. The summed E-state index contributed by atoms with van der Waals surface area (Å²) in [6.07, 6.45) is 1.54. The second-order valence-corrected chi connectivity index (χ2v) is 9.32. The van der Waals surface area contributed by atoms with Gasteiger partial charge >= 0.3 is 0 Å². The van der Waals surface area contributed by atoms with Gasteiger partial charge in [-0.15, -0.1) is 0 Å². The van der Waals surface area contributed by atoms with E-state index in [1.165, 1.54) is 13.2 Å². The van der Waals surface area contributed by atoms with Gasteiger partial charge in [-0.05, 0) is 92.7 Å². The maximum absolute atomic E-state index is 12.7. The monoisotopic (exact) mass is 670 g/mol. The van der Waals surface area contributed by atoms with E-state index in [0.717, 1.165) is 24.0 Å². The number of hydrogen-bond acceptors (Lipinski definition) is 4. The van der Waals surface area contributed by atoms with Crippen LogP contribution in [0.1, 0.15) is 11.1 Å². The van der Waals surface area contributed by atoms with Crippen LogP contribution in [-0.2, 0) is 11.4 Å². The molecule has 1 amide bonds. The first-order chi connectivity index (χ1) is 15.4. The molecular formula is C24H17ClI2N2O3. The van der Waals surface area contributed by atoms with Gasteiger partial charge < -0.3 is 14.8 Å². The largest absolute Gasteiger partial charge is 0.495 e. The second kappa shape index (κ2) is 11.5. The first-order valence-electron chi connectivity index (χ1n) is 9.33. The lowest BCUT2D eigenvalue weighted by Crippen LogP contribution is -2.14. The Labute approximate surface area is 218 Å². The molecule has 3 aromatic carbocycles. The Balaban J connectivity index is 1.80. The van der Waals surface area contributed by atoms with Crippen LogP contribution in [-0.4, -0.2) is 13.0 Å². The van der Waals surface area contributed by atoms with Crippen molar-refractivity contribution < 1.29 is 14.3 Å². The highest BCUT2D eigenvalue weighted by atomic mass is 127. The summed E-state index contributed by atoms with van der Waals surface area (Å²) < 4.78 is 13.0. The predicted octanol–water partition coefficient (Wildman–Crippen LogP) is 6.68. The highest BCUT2D eigenvalue weighted by Gasteiger charge is 2.15. The molecule has 3 rings (SSSR count). The van der Waals surface area contributed by atoms with Crippen LogP contribution in [0.4, 0.5) is 5.69 Å². The van der Waals surface area contributed by atoms with Crippen molar-refractivity contribution in [2.24, 2.45) is 0 Å². The summed E-state index contributed by atoms with van der Waals surface area (Å²) in [5, 5.41) is 12.7. The standard InChI is InChI=1S/C24H17ClI2N2O3/c1-31-22-8-7-18(25)12-21(22)29-24(30)17(13-28)9-16-10-19(26)23(20(27)11-16)32-14-15-5-3-2-4-6-15/h2-12H,14H2,1H3,(H,29,30)/b17-9+. The number of nitriles is 1. The molecule has 8 heteroatoms. The molecular weight excluding hydrogens is 654 g/mol. The lowest BCUT2D eigenvalue weighted by molar-refractivity contribution is -0.112. The minimum atomic E-state index is -0.553. The molecule has 0 aliphatic rings. The van der Waals surface area contributed by atoms with Crippen molar-refractivity contribution in [1.82, 2.24) is 0 Å². The molecule has 5 nitrogen and oxygen atoms in total. The van der Waals surface area contributed by atoms with Crippen molar-refractivity contribution in [3.8, 4) is 17.6 Å². The van der Waals surface area contributed by atoms with E-state index in [9.17, 15) is 10.1 Å². The Morgan fingerprint density at radius 3 is 2.44 bits per heavy atom. The number of hydrogen-bond donors (Lipinski definition) is 1. The fourth-order valence-electron chi connectivity index (χ4n) is 2.81. The SMILES string of the molecule is COc1ccc(Cl)cc1NC(=O)/C(C#N)=C/c1cc(I)c(OCc2ccccc2)c(I)c1. The maximum Gasteiger partial charge on any atom is 0.266 e. The van der Waals surface area contributed by atoms with Gasteiger partial charge in [-0.1, -0.05) is 41.9 Å². The number of ether oxygens (including phenoxy) is 2. The molecule has 3 aromatic rings. The number of halogens is 3. The molecule has 0 aromatic heterocycles. The molecule has 0 fully saturated rings. The first-order valence-corrected chi connectivity index (χ1v) is 11.9. The summed E-state index contributed by atoms with van der Waals surface area (Å²) in [7, 11) is 1.49. The lowest BCUT2D eigenvalue weighted by Gasteiger charge is -2.12. The van der Waals surface area contributed by atoms with E-state index < -0.39 is 5.91 Å². The van der Waals surface area contributed by atoms with Crippen molar-refractivity contribution in [3.05, 3.63) is 89.5 Å². The molecule has 0 atom stereocenters. The van der Waals surface area contributed by atoms with Gasteiger partial charge in [0.2, 0.25) is 0 Å². The molecule has 0 bridgehead atoms. The van der Waals surface area contributed by atoms with Crippen molar-refractivity contribution in [1.29, 1.82) is 5.26 Å². The molecule has 1 N–H and O–H groups in total. The van der Waals surface area contributed by atoms with Crippen molar-refractivity contribution >= 4 is 74.5 Å². The van der Waals surface area contributed by atoms with E-state index >= 15 is 0 Å². The fraction of sp³-hybridized carbons (Fsp3) is 0.0833. The minimum Gasteiger partial charge on any atom is -0.495 e. The zero-order chi connectivity index (χ0) is 23.1. The van der Waals surface area contributed by atoms with E-state index in [0.29, 0.717) is 23.1 Å². The molecule has 0 spiro atoms. The van der Waals surface area contributed by atoms with Crippen LogP contribution in [0, 0.1) is 18.5 Å². The Morgan fingerprint density at radius 1 is 1.12 bits per heavy atom. The summed E-state index contributed by atoms with van der Waals surface area (Å²) in [6.45, 7) is 0.454. The van der Waals surface area contributed by atoms with Crippen LogP contribution < -0.4 is 14.8 Å². The Kier molecular flexibility index (Phi) is 8.78. The highest BCUT2D eigenvalue weighted by Crippen LogP contribution is 2.31. The van der Waals surface area contributed by atoms with Gasteiger partial charge in [0.05, 0.1) is 19.9 Å². The highest BCUT2D eigenvalue weighted by molar-refractivity contribution is 14.1.